The third-order valence-electron chi connectivity index (χ3n) is 4.81. The summed E-state index contributed by atoms with van der Waals surface area (Å²) in [7, 11) is -1.27. The van der Waals surface area contributed by atoms with E-state index in [9.17, 15) is 4.79 Å². The number of benzene rings is 2. The van der Waals surface area contributed by atoms with E-state index < -0.39 is 8.32 Å². The molecule has 0 aliphatic carbocycles. The van der Waals surface area contributed by atoms with Gasteiger partial charge in [-0.25, -0.2) is 0 Å². The fourth-order valence-electron chi connectivity index (χ4n) is 3.57. The number of methoxy groups -OCH3 is 1. The lowest BCUT2D eigenvalue weighted by molar-refractivity contribution is -0.142. The van der Waals surface area contributed by atoms with E-state index in [4.69, 9.17) is 9.16 Å². The van der Waals surface area contributed by atoms with Crippen LogP contribution in [-0.2, 0) is 14.0 Å². The number of carbonyl (C=O) groups excluding carboxylic acids is 1. The van der Waals surface area contributed by atoms with Crippen molar-refractivity contribution in [3.05, 3.63) is 73.3 Å². The van der Waals surface area contributed by atoms with Crippen molar-refractivity contribution < 1.29 is 14.0 Å². The van der Waals surface area contributed by atoms with Gasteiger partial charge in [0.1, 0.15) is 0 Å². The van der Waals surface area contributed by atoms with Crippen molar-refractivity contribution in [3.63, 3.8) is 0 Å². The number of hydrogen-bond acceptors (Lipinski definition) is 3. The quantitative estimate of drug-likeness (QED) is 0.392. The Kier molecular flexibility index (Phi) is 7.16. The molecule has 0 saturated carbocycles. The van der Waals surface area contributed by atoms with Gasteiger partial charge in [0, 0.05) is 0 Å². The Bertz CT molecular complexity index is 696. The van der Waals surface area contributed by atoms with Crippen LogP contribution in [0.5, 0.6) is 0 Å². The predicted octanol–water partition coefficient (Wildman–Crippen LogP) is 4.07. The first-order valence-corrected chi connectivity index (χ1v) is 11.2. The first-order valence-electron chi connectivity index (χ1n) is 9.31. The summed E-state index contributed by atoms with van der Waals surface area (Å²) in [6.07, 6.45) is 2.35. The SMILES string of the molecule is C=CC[C@H](CC(=O)OC)O[Si](c1ccccc1)(c1ccccc1)C(C)(C)C. The first kappa shape index (κ1) is 21.1. The largest absolute Gasteiger partial charge is 0.469 e. The maximum atomic E-state index is 12.0. The van der Waals surface area contributed by atoms with Crippen molar-refractivity contribution in [1.82, 2.24) is 0 Å². The summed E-state index contributed by atoms with van der Waals surface area (Å²) in [5, 5.41) is 2.26. The van der Waals surface area contributed by atoms with Gasteiger partial charge < -0.3 is 9.16 Å². The fourth-order valence-corrected chi connectivity index (χ4v) is 8.26. The average Bonchev–Trinajstić information content (AvgIpc) is 2.66. The highest BCUT2D eigenvalue weighted by molar-refractivity contribution is 6.99. The Balaban J connectivity index is 2.64. The van der Waals surface area contributed by atoms with Crippen molar-refractivity contribution in [1.29, 1.82) is 0 Å². The molecule has 0 bridgehead atoms. The zero-order valence-corrected chi connectivity index (χ0v) is 17.8. The summed E-state index contributed by atoms with van der Waals surface area (Å²) in [4.78, 5) is 12.0. The van der Waals surface area contributed by atoms with Gasteiger partial charge in [0.2, 0.25) is 0 Å². The molecule has 4 heteroatoms. The topological polar surface area (TPSA) is 35.5 Å². The van der Waals surface area contributed by atoms with Crippen LogP contribution in [0.25, 0.3) is 0 Å². The van der Waals surface area contributed by atoms with Crippen LogP contribution in [0.3, 0.4) is 0 Å². The van der Waals surface area contributed by atoms with Crippen LogP contribution in [0, 0.1) is 0 Å². The molecule has 0 radical (unpaired) electrons. The van der Waals surface area contributed by atoms with Crippen LogP contribution in [0.2, 0.25) is 5.04 Å². The average molecular weight is 383 g/mol. The zero-order chi connectivity index (χ0) is 19.9. The molecule has 2 aromatic carbocycles. The minimum absolute atomic E-state index is 0.134. The molecule has 0 aliphatic heterocycles. The minimum Gasteiger partial charge on any atom is -0.469 e. The van der Waals surface area contributed by atoms with Crippen molar-refractivity contribution >= 4 is 24.7 Å². The molecule has 144 valence electrons. The molecule has 27 heavy (non-hydrogen) atoms. The molecular weight excluding hydrogens is 352 g/mol. The van der Waals surface area contributed by atoms with Gasteiger partial charge in [-0.2, -0.15) is 0 Å². The summed E-state index contributed by atoms with van der Waals surface area (Å²) in [5.74, 6) is -0.264. The maximum Gasteiger partial charge on any atom is 0.308 e. The lowest BCUT2D eigenvalue weighted by Crippen LogP contribution is -2.67. The van der Waals surface area contributed by atoms with Crippen LogP contribution >= 0.6 is 0 Å². The van der Waals surface area contributed by atoms with E-state index >= 15 is 0 Å². The molecule has 0 unspecified atom stereocenters. The van der Waals surface area contributed by atoms with Crippen molar-refractivity contribution in [2.45, 2.75) is 44.8 Å². The minimum atomic E-state index is -2.68. The molecule has 0 aromatic heterocycles. The summed E-state index contributed by atoms with van der Waals surface area (Å²) in [6.45, 7) is 10.5. The Morgan fingerprint density at radius 3 is 1.89 bits per heavy atom. The molecule has 0 saturated heterocycles. The van der Waals surface area contributed by atoms with Crippen LogP contribution in [-0.4, -0.2) is 27.5 Å². The molecule has 2 aromatic rings. The Morgan fingerprint density at radius 1 is 1.04 bits per heavy atom. The van der Waals surface area contributed by atoms with Crippen LogP contribution in [0.4, 0.5) is 0 Å². The van der Waals surface area contributed by atoms with E-state index in [1.165, 1.54) is 17.5 Å². The molecule has 0 N–H and O–H groups in total. The Hall–Kier alpha value is -2.17. The highest BCUT2D eigenvalue weighted by Crippen LogP contribution is 2.38. The van der Waals surface area contributed by atoms with Crippen LogP contribution in [0.1, 0.15) is 33.6 Å². The van der Waals surface area contributed by atoms with Crippen molar-refractivity contribution in [3.8, 4) is 0 Å². The van der Waals surface area contributed by atoms with Gasteiger partial charge in [0.25, 0.3) is 8.32 Å². The van der Waals surface area contributed by atoms with E-state index in [0.29, 0.717) is 6.42 Å². The second-order valence-corrected chi connectivity index (χ2v) is 12.0. The van der Waals surface area contributed by atoms with Gasteiger partial charge in [0.15, 0.2) is 0 Å². The van der Waals surface area contributed by atoms with Gasteiger partial charge >= 0.3 is 5.97 Å². The van der Waals surface area contributed by atoms with E-state index in [2.05, 4.69) is 75.9 Å². The summed E-state index contributed by atoms with van der Waals surface area (Å²) in [6, 6.07) is 20.8. The molecule has 0 aliphatic rings. The van der Waals surface area contributed by atoms with Crippen LogP contribution in [0.15, 0.2) is 73.3 Å². The molecule has 1 atom stereocenters. The van der Waals surface area contributed by atoms with Gasteiger partial charge in [-0.3, -0.25) is 4.79 Å². The Labute approximate surface area is 164 Å². The number of rotatable bonds is 8. The summed E-state index contributed by atoms with van der Waals surface area (Å²) >= 11 is 0. The van der Waals surface area contributed by atoms with Crippen molar-refractivity contribution in [2.75, 3.05) is 7.11 Å². The van der Waals surface area contributed by atoms with E-state index in [1.54, 1.807) is 0 Å². The Morgan fingerprint density at radius 2 is 1.52 bits per heavy atom. The third kappa shape index (κ3) is 4.76. The zero-order valence-electron chi connectivity index (χ0n) is 16.8. The predicted molar refractivity (Wildman–Crippen MR) is 114 cm³/mol. The van der Waals surface area contributed by atoms with Crippen LogP contribution < -0.4 is 10.4 Å². The molecule has 3 nitrogen and oxygen atoms in total. The summed E-state index contributed by atoms with van der Waals surface area (Å²) < 4.78 is 11.9. The second-order valence-electron chi connectivity index (χ2n) is 7.71. The molecule has 0 spiro atoms. The lowest BCUT2D eigenvalue weighted by atomic mass is 10.2. The van der Waals surface area contributed by atoms with E-state index in [-0.39, 0.29) is 23.5 Å². The number of carbonyl (C=O) groups is 1. The fraction of sp³-hybridized carbons (Fsp3) is 0.348. The monoisotopic (exact) mass is 382 g/mol. The number of hydrogen-bond donors (Lipinski definition) is 0. The summed E-state index contributed by atoms with van der Waals surface area (Å²) in [5.41, 5.74) is 0. The highest BCUT2D eigenvalue weighted by atomic mass is 28.4. The normalized spacial score (nSPS) is 13.0. The standard InChI is InChI=1S/C23H30O3Si/c1-6-13-19(18-22(24)25-5)26-27(23(2,3)4,20-14-9-7-10-15-20)21-16-11-8-12-17-21/h6-12,14-17,19H,1,13,18H2,2-5H3/t19-/m1/s1. The van der Waals surface area contributed by atoms with Gasteiger partial charge in [0.05, 0.1) is 19.6 Å². The van der Waals surface area contributed by atoms with Gasteiger partial charge in [-0.05, 0) is 21.8 Å². The van der Waals surface area contributed by atoms with E-state index in [1.807, 2.05) is 18.2 Å². The molecule has 0 fully saturated rings. The molecule has 0 amide bonds. The lowest BCUT2D eigenvalue weighted by Gasteiger charge is -2.45. The number of esters is 1. The molecule has 0 heterocycles. The third-order valence-corrected chi connectivity index (χ3v) is 9.90. The van der Waals surface area contributed by atoms with E-state index in [0.717, 1.165) is 0 Å². The maximum absolute atomic E-state index is 12.0. The number of ether oxygens (including phenoxy) is 1. The highest BCUT2D eigenvalue weighted by Gasteiger charge is 2.51. The van der Waals surface area contributed by atoms with Crippen molar-refractivity contribution in [2.24, 2.45) is 0 Å². The molecule has 2 rings (SSSR count). The second kappa shape index (κ2) is 9.15. The van der Waals surface area contributed by atoms with Gasteiger partial charge in [-0.1, -0.05) is 87.5 Å². The van der Waals surface area contributed by atoms with Gasteiger partial charge in [-0.15, -0.1) is 6.58 Å². The molecular formula is C23H30O3Si. The smallest absolute Gasteiger partial charge is 0.308 e. The first-order chi connectivity index (χ1) is 12.8.